The largest absolute Gasteiger partial charge is 0.505 e. The van der Waals surface area contributed by atoms with Crippen molar-refractivity contribution in [1.82, 2.24) is 9.88 Å². The molecule has 0 saturated heterocycles. The lowest BCUT2D eigenvalue weighted by molar-refractivity contribution is -0.141. The van der Waals surface area contributed by atoms with Gasteiger partial charge < -0.3 is 15.5 Å². The van der Waals surface area contributed by atoms with Gasteiger partial charge in [-0.15, -0.1) is 0 Å². The third-order valence-corrected chi connectivity index (χ3v) is 5.15. The van der Waals surface area contributed by atoms with Crippen LogP contribution in [0.1, 0.15) is 28.5 Å². The van der Waals surface area contributed by atoms with Crippen molar-refractivity contribution in [2.24, 2.45) is 5.92 Å². The molecule has 0 radical (unpaired) electrons. The molecule has 7 nitrogen and oxygen atoms in total. The fourth-order valence-electron chi connectivity index (χ4n) is 3.34. The van der Waals surface area contributed by atoms with Gasteiger partial charge in [-0.05, 0) is 42.8 Å². The number of carboxylic acid groups (broad SMARTS) is 1. The molecule has 3 N–H and O–H groups in total. The van der Waals surface area contributed by atoms with Gasteiger partial charge in [-0.25, -0.2) is 13.2 Å². The summed E-state index contributed by atoms with van der Waals surface area (Å²) >= 11 is 0. The number of aliphatic carboxylic acids is 1. The van der Waals surface area contributed by atoms with E-state index >= 15 is 0 Å². The third kappa shape index (κ3) is 4.16. The summed E-state index contributed by atoms with van der Waals surface area (Å²) in [5, 5.41) is 21.0. The van der Waals surface area contributed by atoms with Crippen molar-refractivity contribution in [3.63, 3.8) is 0 Å². The molecule has 3 aromatic rings. The minimum atomic E-state index is -1.24. The number of hydrogen-bond donors (Lipinski definition) is 3. The third-order valence-electron chi connectivity index (χ3n) is 5.15. The highest BCUT2D eigenvalue weighted by atomic mass is 19.2. The van der Waals surface area contributed by atoms with Crippen LogP contribution in [0.15, 0.2) is 30.3 Å². The summed E-state index contributed by atoms with van der Waals surface area (Å²) in [6.07, 6.45) is -0.410. The Morgan fingerprint density at radius 2 is 1.78 bits per heavy atom. The van der Waals surface area contributed by atoms with Gasteiger partial charge in [0.15, 0.2) is 23.2 Å². The first-order chi connectivity index (χ1) is 15.0. The van der Waals surface area contributed by atoms with Crippen molar-refractivity contribution in [1.29, 1.82) is 0 Å². The normalized spacial score (nSPS) is 12.0. The quantitative estimate of drug-likeness (QED) is 0.537. The Labute approximate surface area is 180 Å². The van der Waals surface area contributed by atoms with E-state index in [1.165, 1.54) is 19.9 Å². The highest BCUT2D eigenvalue weighted by molar-refractivity contribution is 6.05. The van der Waals surface area contributed by atoms with E-state index in [0.717, 1.165) is 22.8 Å². The van der Waals surface area contributed by atoms with Crippen LogP contribution in [0.5, 0.6) is 5.75 Å². The second-order valence-corrected chi connectivity index (χ2v) is 7.35. The van der Waals surface area contributed by atoms with Crippen LogP contribution in [-0.2, 0) is 16.0 Å². The van der Waals surface area contributed by atoms with Crippen LogP contribution in [0.3, 0.4) is 0 Å². The molecular formula is C22H19F3N2O5. The Morgan fingerprint density at radius 3 is 2.41 bits per heavy atom. The molecule has 0 aliphatic rings. The van der Waals surface area contributed by atoms with Crippen molar-refractivity contribution in [2.75, 3.05) is 6.54 Å². The molecule has 0 bridgehead atoms. The Balaban J connectivity index is 2.07. The molecule has 0 fully saturated rings. The van der Waals surface area contributed by atoms with Crippen molar-refractivity contribution >= 4 is 28.7 Å². The Hall–Kier alpha value is -3.82. The Kier molecular flexibility index (Phi) is 6.24. The lowest BCUT2D eigenvalue weighted by Crippen LogP contribution is -2.32. The second-order valence-electron chi connectivity index (χ2n) is 7.35. The molecule has 1 atom stereocenters. The van der Waals surface area contributed by atoms with Gasteiger partial charge in [0.2, 0.25) is 5.91 Å². The predicted octanol–water partition coefficient (Wildman–Crippen LogP) is 3.14. The number of benzene rings is 2. The van der Waals surface area contributed by atoms with Crippen LogP contribution in [0, 0.1) is 30.3 Å². The van der Waals surface area contributed by atoms with Gasteiger partial charge in [-0.2, -0.15) is 0 Å². The van der Waals surface area contributed by atoms with Crippen molar-refractivity contribution < 1.29 is 37.8 Å². The first kappa shape index (κ1) is 22.9. The number of carbonyl (C=O) groups is 3. The van der Waals surface area contributed by atoms with E-state index in [0.29, 0.717) is 6.07 Å². The molecule has 2 aromatic carbocycles. The van der Waals surface area contributed by atoms with Crippen LogP contribution in [-0.4, -0.2) is 39.1 Å². The summed E-state index contributed by atoms with van der Waals surface area (Å²) in [5.41, 5.74) is 0.0587. The van der Waals surface area contributed by atoms with Crippen LogP contribution in [0.25, 0.3) is 10.9 Å². The van der Waals surface area contributed by atoms with Gasteiger partial charge in [0.1, 0.15) is 0 Å². The lowest BCUT2D eigenvalue weighted by atomic mass is 10.1. The van der Waals surface area contributed by atoms with Crippen molar-refractivity contribution in [3.8, 4) is 5.75 Å². The standard InChI is InChI=1S/C22H19F3N2O5/c1-10(22(31)32)9-26-18(29)8-13-11(2)27(16-5-6-17(28)20(25)19(13)16)21(30)12-3-4-14(23)15(24)7-12/h3-7,10,28H,8-9H2,1-2H3,(H,26,29)(H,31,32). The molecule has 1 amide bonds. The number of nitrogens with zero attached hydrogens (tertiary/aromatic N) is 1. The maximum Gasteiger partial charge on any atom is 0.308 e. The van der Waals surface area contributed by atoms with Gasteiger partial charge in [0.25, 0.3) is 5.91 Å². The molecular weight excluding hydrogens is 429 g/mol. The number of hydrogen-bond acceptors (Lipinski definition) is 4. The first-order valence-corrected chi connectivity index (χ1v) is 9.53. The maximum atomic E-state index is 14.8. The number of phenols is 1. The van der Waals surface area contributed by atoms with Gasteiger partial charge in [0, 0.05) is 23.2 Å². The molecule has 1 aromatic heterocycles. The van der Waals surface area contributed by atoms with Gasteiger partial charge >= 0.3 is 5.97 Å². The zero-order valence-corrected chi connectivity index (χ0v) is 17.1. The number of phenolic OH excluding ortho intramolecular Hbond substituents is 1. The Bertz CT molecular complexity index is 1250. The molecule has 0 aliphatic heterocycles. The lowest BCUT2D eigenvalue weighted by Gasteiger charge is -2.10. The molecule has 168 valence electrons. The van der Waals surface area contributed by atoms with Crippen LogP contribution in [0.2, 0.25) is 0 Å². The fraction of sp³-hybridized carbons (Fsp3) is 0.227. The molecule has 1 heterocycles. The molecule has 32 heavy (non-hydrogen) atoms. The summed E-state index contributed by atoms with van der Waals surface area (Å²) in [5.74, 6) is -7.49. The monoisotopic (exact) mass is 448 g/mol. The average molecular weight is 448 g/mol. The summed E-state index contributed by atoms with van der Waals surface area (Å²) in [6.45, 7) is 2.68. The first-order valence-electron chi connectivity index (χ1n) is 9.53. The van der Waals surface area contributed by atoms with Crippen molar-refractivity contribution in [3.05, 3.63) is 64.6 Å². The summed E-state index contributed by atoms with van der Waals surface area (Å²) in [6, 6.07) is 4.87. The second kappa shape index (κ2) is 8.74. The summed E-state index contributed by atoms with van der Waals surface area (Å²) in [4.78, 5) is 36.4. The number of carbonyl (C=O) groups excluding carboxylic acids is 2. The van der Waals surface area contributed by atoms with Crippen LogP contribution >= 0.6 is 0 Å². The maximum absolute atomic E-state index is 14.8. The molecule has 10 heteroatoms. The topological polar surface area (TPSA) is 109 Å². The number of carboxylic acids is 1. The van der Waals surface area contributed by atoms with Crippen LogP contribution in [0.4, 0.5) is 13.2 Å². The Morgan fingerprint density at radius 1 is 1.09 bits per heavy atom. The highest BCUT2D eigenvalue weighted by Gasteiger charge is 2.25. The van der Waals surface area contributed by atoms with E-state index in [2.05, 4.69) is 5.32 Å². The van der Waals surface area contributed by atoms with E-state index in [1.54, 1.807) is 0 Å². The number of aromatic nitrogens is 1. The molecule has 1 unspecified atom stereocenters. The van der Waals surface area contributed by atoms with E-state index in [1.807, 2.05) is 0 Å². The van der Waals surface area contributed by atoms with E-state index < -0.39 is 53.3 Å². The number of nitrogens with one attached hydrogen (secondary N) is 1. The minimum absolute atomic E-state index is 0.0224. The van der Waals surface area contributed by atoms with Crippen LogP contribution < -0.4 is 5.32 Å². The number of aromatic hydroxyl groups is 1. The van der Waals surface area contributed by atoms with Gasteiger partial charge in [0.05, 0.1) is 17.9 Å². The average Bonchev–Trinajstić information content (AvgIpc) is 3.02. The van der Waals surface area contributed by atoms with E-state index in [4.69, 9.17) is 5.11 Å². The zero-order chi connectivity index (χ0) is 23.7. The summed E-state index contributed by atoms with van der Waals surface area (Å²) in [7, 11) is 0. The molecule has 0 aliphatic carbocycles. The zero-order valence-electron chi connectivity index (χ0n) is 17.1. The smallest absolute Gasteiger partial charge is 0.308 e. The highest BCUT2D eigenvalue weighted by Crippen LogP contribution is 2.33. The molecule has 0 spiro atoms. The SMILES string of the molecule is Cc1c(CC(=O)NCC(C)C(=O)O)c2c(F)c(O)ccc2n1C(=O)c1ccc(F)c(F)c1. The predicted molar refractivity (Wildman–Crippen MR) is 108 cm³/mol. The summed E-state index contributed by atoms with van der Waals surface area (Å²) < 4.78 is 42.8. The van der Waals surface area contributed by atoms with Gasteiger partial charge in [-0.3, -0.25) is 19.0 Å². The number of amides is 1. The van der Waals surface area contributed by atoms with Gasteiger partial charge in [-0.1, -0.05) is 6.92 Å². The number of rotatable bonds is 6. The van der Waals surface area contributed by atoms with E-state index in [-0.39, 0.29) is 34.3 Å². The fourth-order valence-corrected chi connectivity index (χ4v) is 3.34. The van der Waals surface area contributed by atoms with Crippen molar-refractivity contribution in [2.45, 2.75) is 20.3 Å². The minimum Gasteiger partial charge on any atom is -0.505 e. The molecule has 3 rings (SSSR count). The number of halogens is 3. The van der Waals surface area contributed by atoms with E-state index in [9.17, 15) is 32.7 Å². The molecule has 0 saturated carbocycles. The number of fused-ring (bicyclic) bond motifs is 1.